The lowest BCUT2D eigenvalue weighted by atomic mass is 10.2. The highest BCUT2D eigenvalue weighted by molar-refractivity contribution is 9.10. The molecule has 0 unspecified atom stereocenters. The van der Waals surface area contributed by atoms with Crippen LogP contribution >= 0.6 is 15.9 Å². The second-order valence-corrected chi connectivity index (χ2v) is 3.25. The molecule has 0 spiro atoms. The highest BCUT2D eigenvalue weighted by Gasteiger charge is 2.01. The van der Waals surface area contributed by atoms with Crippen molar-refractivity contribution in [1.29, 1.82) is 0 Å². The molecule has 0 aliphatic carbocycles. The van der Waals surface area contributed by atoms with E-state index in [1.807, 2.05) is 13.1 Å². The van der Waals surface area contributed by atoms with E-state index >= 15 is 0 Å². The van der Waals surface area contributed by atoms with Gasteiger partial charge in [0.1, 0.15) is 10.4 Å². The maximum absolute atomic E-state index is 5.42. The molecule has 1 aromatic heterocycles. The van der Waals surface area contributed by atoms with Gasteiger partial charge in [-0.1, -0.05) is 6.92 Å². The number of nitrogens with zero attached hydrogens (tertiary/aromatic N) is 2. The van der Waals surface area contributed by atoms with Gasteiger partial charge in [0, 0.05) is 18.2 Å². The zero-order valence-electron chi connectivity index (χ0n) is 7.05. The Kier molecular flexibility index (Phi) is 3.62. The van der Waals surface area contributed by atoms with Crippen molar-refractivity contribution in [2.45, 2.75) is 19.8 Å². The van der Waals surface area contributed by atoms with Gasteiger partial charge < -0.3 is 5.73 Å². The molecule has 2 N–H and O–H groups in total. The van der Waals surface area contributed by atoms with Gasteiger partial charge in [-0.3, -0.25) is 0 Å². The third-order valence-corrected chi connectivity index (χ3v) is 2.28. The summed E-state index contributed by atoms with van der Waals surface area (Å²) >= 11 is 3.38. The first kappa shape index (κ1) is 9.61. The molecule has 0 radical (unpaired) electrons. The molecule has 4 heteroatoms. The minimum absolute atomic E-state index is 0.632. The van der Waals surface area contributed by atoms with Crippen molar-refractivity contribution >= 4 is 15.9 Å². The lowest BCUT2D eigenvalue weighted by Gasteiger charge is -2.02. The summed E-state index contributed by atoms with van der Waals surface area (Å²) in [5.41, 5.74) is 6.50. The van der Waals surface area contributed by atoms with E-state index in [2.05, 4.69) is 25.9 Å². The first-order chi connectivity index (χ1) is 5.77. The topological polar surface area (TPSA) is 51.8 Å². The monoisotopic (exact) mass is 229 g/mol. The Morgan fingerprint density at radius 2 is 2.33 bits per heavy atom. The molecule has 3 nitrogen and oxygen atoms in total. The van der Waals surface area contributed by atoms with Crippen LogP contribution in [0.2, 0.25) is 0 Å². The zero-order valence-corrected chi connectivity index (χ0v) is 8.63. The molecule has 0 amide bonds. The molecule has 0 atom stereocenters. The van der Waals surface area contributed by atoms with Gasteiger partial charge in [0.15, 0.2) is 0 Å². The molecule has 0 fully saturated rings. The van der Waals surface area contributed by atoms with E-state index in [0.717, 1.165) is 28.8 Å². The molecule has 1 heterocycles. The number of halogens is 1. The summed E-state index contributed by atoms with van der Waals surface area (Å²) in [4.78, 5) is 8.44. The minimum atomic E-state index is 0.632. The van der Waals surface area contributed by atoms with Crippen LogP contribution in [0.5, 0.6) is 0 Å². The number of hydrogen-bond donors (Lipinski definition) is 1. The largest absolute Gasteiger partial charge is 0.330 e. The average molecular weight is 230 g/mol. The van der Waals surface area contributed by atoms with Crippen molar-refractivity contribution in [2.24, 2.45) is 5.73 Å². The fraction of sp³-hybridized carbons (Fsp3) is 0.500. The lowest BCUT2D eigenvalue weighted by molar-refractivity contribution is 0.874. The summed E-state index contributed by atoms with van der Waals surface area (Å²) < 4.78 is 0.875. The van der Waals surface area contributed by atoms with E-state index in [-0.39, 0.29) is 0 Å². The number of hydrogen-bond acceptors (Lipinski definition) is 3. The summed E-state index contributed by atoms with van der Waals surface area (Å²) in [6.45, 7) is 2.66. The summed E-state index contributed by atoms with van der Waals surface area (Å²) in [5.74, 6) is 0.864. The van der Waals surface area contributed by atoms with Crippen molar-refractivity contribution in [3.05, 3.63) is 22.2 Å². The van der Waals surface area contributed by atoms with E-state index in [4.69, 9.17) is 5.73 Å². The van der Waals surface area contributed by atoms with Crippen molar-refractivity contribution in [1.82, 2.24) is 9.97 Å². The Labute approximate surface area is 80.5 Å². The van der Waals surface area contributed by atoms with Crippen LogP contribution in [0.1, 0.15) is 18.3 Å². The van der Waals surface area contributed by atoms with Gasteiger partial charge in [-0.05, 0) is 28.9 Å². The average Bonchev–Trinajstić information content (AvgIpc) is 2.09. The predicted octanol–water partition coefficient (Wildman–Crippen LogP) is 1.30. The second kappa shape index (κ2) is 4.52. The summed E-state index contributed by atoms with van der Waals surface area (Å²) in [6.07, 6.45) is 3.52. The lowest BCUT2D eigenvalue weighted by Crippen LogP contribution is -2.05. The van der Waals surface area contributed by atoms with Crippen LogP contribution in [0.3, 0.4) is 0 Å². The van der Waals surface area contributed by atoms with Crippen molar-refractivity contribution < 1.29 is 0 Å². The Morgan fingerprint density at radius 1 is 1.58 bits per heavy atom. The Hall–Kier alpha value is -0.480. The normalized spacial score (nSPS) is 10.2. The van der Waals surface area contributed by atoms with Crippen LogP contribution < -0.4 is 5.73 Å². The summed E-state index contributed by atoms with van der Waals surface area (Å²) in [5, 5.41) is 0. The third kappa shape index (κ3) is 2.25. The van der Waals surface area contributed by atoms with Gasteiger partial charge in [0.05, 0.1) is 0 Å². The zero-order chi connectivity index (χ0) is 8.97. The molecule has 0 aliphatic heterocycles. The molecule has 0 aliphatic rings. The second-order valence-electron chi connectivity index (χ2n) is 2.49. The molecule has 1 rings (SSSR count). The van der Waals surface area contributed by atoms with Gasteiger partial charge in [-0.15, -0.1) is 0 Å². The van der Waals surface area contributed by atoms with E-state index in [1.54, 1.807) is 0 Å². The van der Waals surface area contributed by atoms with Crippen molar-refractivity contribution in [3.63, 3.8) is 0 Å². The van der Waals surface area contributed by atoms with Crippen molar-refractivity contribution in [2.75, 3.05) is 6.54 Å². The predicted molar refractivity (Wildman–Crippen MR) is 51.9 cm³/mol. The molecule has 66 valence electrons. The molecule has 1 aromatic rings. The molecular formula is C8H12BrN3. The summed E-state index contributed by atoms with van der Waals surface area (Å²) in [7, 11) is 0. The summed E-state index contributed by atoms with van der Waals surface area (Å²) in [6, 6.07) is 0. The smallest absolute Gasteiger partial charge is 0.129 e. The fourth-order valence-electron chi connectivity index (χ4n) is 0.913. The highest BCUT2D eigenvalue weighted by Crippen LogP contribution is 2.12. The van der Waals surface area contributed by atoms with Gasteiger partial charge in [-0.25, -0.2) is 9.97 Å². The molecule has 12 heavy (non-hydrogen) atoms. The third-order valence-electron chi connectivity index (χ3n) is 1.59. The van der Waals surface area contributed by atoms with Crippen LogP contribution in [0.4, 0.5) is 0 Å². The van der Waals surface area contributed by atoms with Crippen molar-refractivity contribution in [3.8, 4) is 0 Å². The van der Waals surface area contributed by atoms with Gasteiger partial charge in [0.25, 0.3) is 0 Å². The maximum Gasteiger partial charge on any atom is 0.129 e. The molecule has 0 saturated carbocycles. The van der Waals surface area contributed by atoms with E-state index in [0.29, 0.717) is 6.54 Å². The van der Waals surface area contributed by atoms with Gasteiger partial charge >= 0.3 is 0 Å². The highest BCUT2D eigenvalue weighted by atomic mass is 79.9. The standard InChI is InChI=1S/C8H12BrN3/c1-2-7-11-5-6(3-4-10)8(9)12-7/h5H,2-4,10H2,1H3. The Bertz CT molecular complexity index is 262. The quantitative estimate of drug-likeness (QED) is 0.796. The van der Waals surface area contributed by atoms with Crippen LogP contribution in [-0.4, -0.2) is 16.5 Å². The SMILES string of the molecule is CCc1ncc(CCN)c(Br)n1. The first-order valence-corrected chi connectivity index (χ1v) is 4.77. The Morgan fingerprint density at radius 3 is 2.83 bits per heavy atom. The number of aromatic nitrogens is 2. The minimum Gasteiger partial charge on any atom is -0.330 e. The van der Waals surface area contributed by atoms with E-state index < -0.39 is 0 Å². The molecule has 0 saturated heterocycles. The van der Waals surface area contributed by atoms with Gasteiger partial charge in [-0.2, -0.15) is 0 Å². The van der Waals surface area contributed by atoms with Crippen LogP contribution in [0.25, 0.3) is 0 Å². The van der Waals surface area contributed by atoms with Gasteiger partial charge in [0.2, 0.25) is 0 Å². The number of aryl methyl sites for hydroxylation is 1. The van der Waals surface area contributed by atoms with Crippen LogP contribution in [0.15, 0.2) is 10.8 Å². The van der Waals surface area contributed by atoms with E-state index in [1.165, 1.54) is 0 Å². The fourth-order valence-corrected chi connectivity index (χ4v) is 1.42. The molecule has 0 aromatic carbocycles. The van der Waals surface area contributed by atoms with Crippen LogP contribution in [-0.2, 0) is 12.8 Å². The maximum atomic E-state index is 5.42. The molecular weight excluding hydrogens is 218 g/mol. The first-order valence-electron chi connectivity index (χ1n) is 3.98. The Balaban J connectivity index is 2.87. The number of nitrogens with two attached hydrogens (primary N) is 1. The van der Waals surface area contributed by atoms with E-state index in [9.17, 15) is 0 Å². The van der Waals surface area contributed by atoms with Crippen LogP contribution in [0, 0.1) is 0 Å². The number of rotatable bonds is 3. The molecule has 0 bridgehead atoms.